The van der Waals surface area contributed by atoms with E-state index in [1.165, 1.54) is 5.56 Å². The number of nitrogens with zero attached hydrogens (tertiary/aromatic N) is 3. The Kier molecular flexibility index (Phi) is 9.67. The molecule has 0 fully saturated rings. The van der Waals surface area contributed by atoms with Crippen molar-refractivity contribution in [1.82, 2.24) is 14.5 Å². The van der Waals surface area contributed by atoms with Crippen LogP contribution in [0.3, 0.4) is 0 Å². The molecule has 3 aromatic heterocycles. The summed E-state index contributed by atoms with van der Waals surface area (Å²) in [4.78, 5) is 10.4. The molecule has 0 radical (unpaired) electrons. The summed E-state index contributed by atoms with van der Waals surface area (Å²) in [6, 6.07) is 54.0. The van der Waals surface area contributed by atoms with E-state index in [4.69, 9.17) is 18.5 Å². The van der Waals surface area contributed by atoms with Gasteiger partial charge in [0.25, 0.3) is 0 Å². The summed E-state index contributed by atoms with van der Waals surface area (Å²) < 4.78 is 32.1. The molecule has 1 N–H and O–H groups in total. The fraction of sp³-hybridized carbons (Fsp3) is 0.158. The van der Waals surface area contributed by atoms with Gasteiger partial charge in [-0.25, -0.2) is 4.98 Å². The van der Waals surface area contributed by atoms with Gasteiger partial charge in [0.15, 0.2) is 0 Å². The van der Waals surface area contributed by atoms with E-state index in [0.717, 1.165) is 83.3 Å². The van der Waals surface area contributed by atoms with Gasteiger partial charge < -0.3 is 9.52 Å². The maximum absolute atomic E-state index is 12.1. The Morgan fingerprint density at radius 3 is 2.11 bits per heavy atom. The maximum atomic E-state index is 12.1. The first-order chi connectivity index (χ1) is 31.0. The third-order valence-electron chi connectivity index (χ3n) is 11.9. The van der Waals surface area contributed by atoms with Gasteiger partial charge in [-0.2, -0.15) is 0 Å². The summed E-state index contributed by atoms with van der Waals surface area (Å²) in [5.74, 6) is 0.663. The standard InChI is InChI=1S/C57H48N3O2.Pt/c1-35-20-22-36(23-21-35)38-26-27-58-48(31-38)40-28-39(29-42(30-40)57(5,6)7)43-17-13-18-50-54(43)59-55(47-34-53-46(33-51(47)61)44-16-11-12-19-52(44)62-53)60(50)49-25-24-41(56(2,3)4)32-45(49)37-14-9-8-10-15-37;/h8-27,29-34,61H,1-7H3;/q-1;/i1D3;. The second-order valence-corrected chi connectivity index (χ2v) is 18.2. The second kappa shape index (κ2) is 16.0. The zero-order chi connectivity index (χ0) is 45.4. The summed E-state index contributed by atoms with van der Waals surface area (Å²) in [7, 11) is 0. The van der Waals surface area contributed by atoms with Crippen LogP contribution in [0.25, 0.3) is 94.7 Å². The van der Waals surface area contributed by atoms with Gasteiger partial charge in [0.1, 0.15) is 22.7 Å². The van der Waals surface area contributed by atoms with Crippen molar-refractivity contribution in [2.24, 2.45) is 0 Å². The number of phenols is 1. The van der Waals surface area contributed by atoms with Gasteiger partial charge >= 0.3 is 0 Å². The van der Waals surface area contributed by atoms with E-state index in [9.17, 15) is 5.11 Å². The molecular weight excluding hydrogens is 954 g/mol. The quantitative estimate of drug-likeness (QED) is 0.169. The zero-order valence-corrected chi connectivity index (χ0v) is 38.3. The van der Waals surface area contributed by atoms with Crippen LogP contribution < -0.4 is 0 Å². The van der Waals surface area contributed by atoms with Gasteiger partial charge in [0.05, 0.1) is 22.3 Å². The van der Waals surface area contributed by atoms with Crippen molar-refractivity contribution in [3.63, 3.8) is 0 Å². The number of fused-ring (bicyclic) bond motifs is 4. The number of phenolic OH excluding ortho intramolecular Hbond substituents is 1. The fourth-order valence-corrected chi connectivity index (χ4v) is 8.43. The van der Waals surface area contributed by atoms with Gasteiger partial charge in [-0.1, -0.05) is 155 Å². The van der Waals surface area contributed by atoms with E-state index in [1.54, 1.807) is 24.4 Å². The first-order valence-corrected chi connectivity index (χ1v) is 21.0. The average molecular weight is 1010 g/mol. The molecule has 6 heteroatoms. The molecule has 0 unspecified atom stereocenters. The Morgan fingerprint density at radius 2 is 1.35 bits per heavy atom. The molecule has 3 heterocycles. The van der Waals surface area contributed by atoms with Crippen molar-refractivity contribution in [3.05, 3.63) is 181 Å². The number of aryl methyl sites for hydroxylation is 1. The largest absolute Gasteiger partial charge is 0.507 e. The number of benzene rings is 7. The molecule has 10 aromatic rings. The summed E-state index contributed by atoms with van der Waals surface area (Å²) in [5, 5.41) is 13.8. The van der Waals surface area contributed by atoms with Crippen LogP contribution in [0.15, 0.2) is 162 Å². The summed E-state index contributed by atoms with van der Waals surface area (Å²) in [6.45, 7) is 11.1. The molecule has 0 aliphatic rings. The van der Waals surface area contributed by atoms with Gasteiger partial charge in [-0.05, 0) is 82.4 Å². The van der Waals surface area contributed by atoms with E-state index in [-0.39, 0.29) is 37.6 Å². The fourth-order valence-electron chi connectivity index (χ4n) is 8.43. The van der Waals surface area contributed by atoms with Gasteiger partial charge in [0, 0.05) is 53.4 Å². The number of rotatable bonds is 6. The Bertz CT molecular complexity index is 3450. The van der Waals surface area contributed by atoms with E-state index in [2.05, 4.69) is 125 Å². The number of aromatic nitrogens is 3. The molecule has 0 saturated heterocycles. The second-order valence-electron chi connectivity index (χ2n) is 18.2. The van der Waals surface area contributed by atoms with Crippen LogP contribution in [-0.2, 0) is 31.9 Å². The molecule has 0 atom stereocenters. The van der Waals surface area contributed by atoms with Crippen molar-refractivity contribution in [2.45, 2.75) is 59.2 Å². The third-order valence-corrected chi connectivity index (χ3v) is 11.9. The first kappa shape index (κ1) is 38.1. The number of imidazole rings is 1. The molecular formula is C57H48N3O2Pt-. The molecule has 5 nitrogen and oxygen atoms in total. The van der Waals surface area contributed by atoms with Crippen LogP contribution in [0.5, 0.6) is 5.75 Å². The van der Waals surface area contributed by atoms with E-state index in [0.29, 0.717) is 22.5 Å². The zero-order valence-electron chi connectivity index (χ0n) is 39.0. The molecule has 0 aliphatic heterocycles. The molecule has 0 saturated carbocycles. The number of hydrogen-bond acceptors (Lipinski definition) is 4. The Labute approximate surface area is 387 Å². The number of furan rings is 1. The van der Waals surface area contributed by atoms with Crippen molar-refractivity contribution in [3.8, 4) is 67.5 Å². The summed E-state index contributed by atoms with van der Waals surface area (Å²) in [6.07, 6.45) is 1.79. The van der Waals surface area contributed by atoms with Crippen LogP contribution in [0.1, 0.15) is 62.3 Å². The van der Waals surface area contributed by atoms with E-state index < -0.39 is 6.85 Å². The van der Waals surface area contributed by atoms with Crippen molar-refractivity contribution in [1.29, 1.82) is 0 Å². The van der Waals surface area contributed by atoms with Gasteiger partial charge in [-0.15, -0.1) is 29.3 Å². The maximum Gasteiger partial charge on any atom is 0.148 e. The van der Waals surface area contributed by atoms with Crippen molar-refractivity contribution >= 4 is 33.0 Å². The van der Waals surface area contributed by atoms with Crippen LogP contribution in [0.4, 0.5) is 0 Å². The Hall–Kier alpha value is -6.55. The summed E-state index contributed by atoms with van der Waals surface area (Å²) >= 11 is 0. The molecule has 0 aliphatic carbocycles. The molecule has 0 spiro atoms. The van der Waals surface area contributed by atoms with Crippen LogP contribution in [-0.4, -0.2) is 19.6 Å². The minimum Gasteiger partial charge on any atom is -0.507 e. The van der Waals surface area contributed by atoms with Crippen molar-refractivity contribution in [2.75, 3.05) is 0 Å². The average Bonchev–Trinajstić information content (AvgIpc) is 3.86. The summed E-state index contributed by atoms with van der Waals surface area (Å²) in [5.41, 5.74) is 13.9. The first-order valence-electron chi connectivity index (χ1n) is 22.5. The SMILES string of the molecule is [2H]C([2H])([2H])c1ccc(-c2ccnc(-c3[c-]c(-c4cccc5c4nc(-c4cc6oc7ccccc7c6cc4O)n5-c4ccc(C(C)(C)C)cc4-c4ccccc4)cc(C(C)(C)C)c3)c2)cc1.[Pt]. The predicted octanol–water partition coefficient (Wildman–Crippen LogP) is 15.1. The van der Waals surface area contributed by atoms with Gasteiger partial charge in [0.2, 0.25) is 0 Å². The van der Waals surface area contributed by atoms with E-state index >= 15 is 0 Å². The van der Waals surface area contributed by atoms with Crippen molar-refractivity contribution < 1.29 is 34.7 Å². The minimum atomic E-state index is -2.18. The minimum absolute atomic E-state index is 0. The van der Waals surface area contributed by atoms with E-state index in [1.807, 2.05) is 60.7 Å². The van der Waals surface area contributed by atoms with Gasteiger partial charge in [-0.3, -0.25) is 9.55 Å². The number of aromatic hydroxyl groups is 1. The molecule has 10 rings (SSSR count). The molecule has 63 heavy (non-hydrogen) atoms. The monoisotopic (exact) mass is 1000 g/mol. The molecule has 0 bridgehead atoms. The number of pyridine rings is 1. The molecule has 0 amide bonds. The number of para-hydroxylation sites is 2. The number of hydrogen-bond donors (Lipinski definition) is 1. The Morgan fingerprint density at radius 1 is 0.603 bits per heavy atom. The Balaban J connectivity index is 0.00000548. The van der Waals surface area contributed by atoms with Crippen LogP contribution in [0, 0.1) is 12.9 Å². The van der Waals surface area contributed by atoms with Crippen LogP contribution >= 0.6 is 0 Å². The predicted molar refractivity (Wildman–Crippen MR) is 256 cm³/mol. The normalized spacial score (nSPS) is 12.9. The smallest absolute Gasteiger partial charge is 0.148 e. The third kappa shape index (κ3) is 7.70. The van der Waals surface area contributed by atoms with Crippen LogP contribution in [0.2, 0.25) is 0 Å². The molecule has 7 aromatic carbocycles. The molecule has 314 valence electrons. The topological polar surface area (TPSA) is 64.1 Å².